The van der Waals surface area contributed by atoms with Crippen LogP contribution in [0.3, 0.4) is 0 Å². The van der Waals surface area contributed by atoms with Crippen molar-refractivity contribution in [1.82, 2.24) is 26.5 Å². The van der Waals surface area contributed by atoms with Gasteiger partial charge in [-0.15, -0.1) is 0 Å². The van der Waals surface area contributed by atoms with Crippen LogP contribution in [-0.4, -0.2) is 29.4 Å². The number of amides is 4. The normalized spacial score (nSPS) is 10.0. The summed E-state index contributed by atoms with van der Waals surface area (Å²) >= 11 is 3.18. The topological polar surface area (TPSA) is 115 Å². The van der Waals surface area contributed by atoms with E-state index >= 15 is 0 Å². The van der Waals surface area contributed by atoms with E-state index in [1.807, 2.05) is 0 Å². The summed E-state index contributed by atoms with van der Waals surface area (Å²) in [7, 11) is 0. The number of aromatic amines is 1. The summed E-state index contributed by atoms with van der Waals surface area (Å²) in [5, 5.41) is 4.85. The smallest absolute Gasteiger partial charge is 0.315 e. The fourth-order valence-corrected chi connectivity index (χ4v) is 2.09. The Morgan fingerprint density at radius 1 is 1.08 bits per heavy atom. The molecule has 1 aromatic carbocycles. The minimum atomic E-state index is -0.601. The Morgan fingerprint density at radius 3 is 2.44 bits per heavy atom. The molecule has 5 N–H and O–H groups in total. The monoisotopic (exact) mass is 411 g/mol. The predicted molar refractivity (Wildman–Crippen MR) is 90.7 cm³/mol. The molecule has 0 saturated heterocycles. The number of nitrogens with one attached hydrogen (secondary N) is 5. The number of halogens is 2. The van der Waals surface area contributed by atoms with Gasteiger partial charge >= 0.3 is 6.03 Å². The molecule has 10 heteroatoms. The van der Waals surface area contributed by atoms with Crippen LogP contribution in [0.5, 0.6) is 0 Å². The van der Waals surface area contributed by atoms with Gasteiger partial charge in [-0.3, -0.25) is 20.4 Å². The lowest BCUT2D eigenvalue weighted by atomic mass is 10.2. The van der Waals surface area contributed by atoms with Crippen molar-refractivity contribution in [1.29, 1.82) is 0 Å². The standard InChI is InChI=1S/C15H15BrFN5O3/c16-10-5-12(18-7-10)14(24)22-21-13(23)8-20-15(25)19-6-9-1-3-11(17)4-2-9/h1-5,7,18H,6,8H2,(H,21,23)(H,22,24)(H2,19,20,25). The summed E-state index contributed by atoms with van der Waals surface area (Å²) in [6, 6.07) is 6.62. The van der Waals surface area contributed by atoms with Crippen molar-refractivity contribution in [2.24, 2.45) is 0 Å². The second-order valence-corrected chi connectivity index (χ2v) is 5.81. The maximum atomic E-state index is 12.8. The van der Waals surface area contributed by atoms with Gasteiger partial charge in [0.05, 0.1) is 0 Å². The fourth-order valence-electron chi connectivity index (χ4n) is 1.74. The van der Waals surface area contributed by atoms with Gasteiger partial charge in [0.25, 0.3) is 11.8 Å². The van der Waals surface area contributed by atoms with Gasteiger partial charge in [-0.25, -0.2) is 9.18 Å². The van der Waals surface area contributed by atoms with Crippen molar-refractivity contribution in [2.45, 2.75) is 6.54 Å². The summed E-state index contributed by atoms with van der Waals surface area (Å²) in [6.45, 7) is -0.143. The number of H-pyrrole nitrogens is 1. The first-order valence-corrected chi connectivity index (χ1v) is 7.92. The maximum Gasteiger partial charge on any atom is 0.315 e. The highest BCUT2D eigenvalue weighted by Crippen LogP contribution is 2.09. The van der Waals surface area contributed by atoms with E-state index in [9.17, 15) is 18.8 Å². The molecular formula is C15H15BrFN5O3. The first-order valence-electron chi connectivity index (χ1n) is 7.13. The number of carbonyl (C=O) groups is 3. The molecule has 0 radical (unpaired) electrons. The molecule has 25 heavy (non-hydrogen) atoms. The molecule has 1 heterocycles. The molecule has 1 aromatic heterocycles. The van der Waals surface area contributed by atoms with Crippen LogP contribution >= 0.6 is 15.9 Å². The summed E-state index contributed by atoms with van der Waals surface area (Å²) in [6.07, 6.45) is 1.57. The average molecular weight is 412 g/mol. The molecule has 0 fully saturated rings. The summed E-state index contributed by atoms with van der Waals surface area (Å²) < 4.78 is 13.5. The van der Waals surface area contributed by atoms with E-state index in [4.69, 9.17) is 0 Å². The van der Waals surface area contributed by atoms with E-state index in [-0.39, 0.29) is 24.6 Å². The molecule has 2 rings (SSSR count). The van der Waals surface area contributed by atoms with Crippen LogP contribution < -0.4 is 21.5 Å². The van der Waals surface area contributed by atoms with Gasteiger partial charge in [0, 0.05) is 17.2 Å². The van der Waals surface area contributed by atoms with Crippen molar-refractivity contribution in [3.8, 4) is 0 Å². The van der Waals surface area contributed by atoms with Crippen molar-refractivity contribution >= 4 is 33.8 Å². The zero-order valence-corrected chi connectivity index (χ0v) is 14.4. The summed E-state index contributed by atoms with van der Waals surface area (Å²) in [4.78, 5) is 37.5. The third kappa shape index (κ3) is 6.26. The van der Waals surface area contributed by atoms with Gasteiger partial charge in [-0.1, -0.05) is 12.1 Å². The van der Waals surface area contributed by atoms with Crippen LogP contribution in [0.25, 0.3) is 0 Å². The van der Waals surface area contributed by atoms with Gasteiger partial charge in [0.1, 0.15) is 18.1 Å². The van der Waals surface area contributed by atoms with Gasteiger partial charge < -0.3 is 15.6 Å². The molecule has 0 atom stereocenters. The minimum absolute atomic E-state index is 0.187. The molecule has 0 bridgehead atoms. The van der Waals surface area contributed by atoms with Crippen LogP contribution in [0.4, 0.5) is 9.18 Å². The first kappa shape index (κ1) is 18.5. The number of carbonyl (C=O) groups excluding carboxylic acids is 3. The molecular weight excluding hydrogens is 397 g/mol. The molecule has 0 saturated carbocycles. The SMILES string of the molecule is O=C(CNC(=O)NCc1ccc(F)cc1)NNC(=O)c1cc(Br)c[nH]1. The average Bonchev–Trinajstić information content (AvgIpc) is 3.04. The molecule has 8 nitrogen and oxygen atoms in total. The number of urea groups is 1. The van der Waals surface area contributed by atoms with E-state index in [2.05, 4.69) is 42.4 Å². The summed E-state index contributed by atoms with van der Waals surface area (Å²) in [5.74, 6) is -1.49. The minimum Gasteiger partial charge on any atom is -0.356 e. The molecule has 0 unspecified atom stereocenters. The number of hydrogen-bond acceptors (Lipinski definition) is 3. The second-order valence-electron chi connectivity index (χ2n) is 4.90. The lowest BCUT2D eigenvalue weighted by Crippen LogP contribution is -2.48. The number of hydrogen-bond donors (Lipinski definition) is 5. The van der Waals surface area contributed by atoms with E-state index in [0.717, 1.165) is 0 Å². The van der Waals surface area contributed by atoms with Crippen molar-refractivity contribution in [3.05, 3.63) is 58.1 Å². The zero-order valence-electron chi connectivity index (χ0n) is 12.9. The Hall–Kier alpha value is -2.88. The van der Waals surface area contributed by atoms with Crippen LogP contribution in [0, 0.1) is 5.82 Å². The fraction of sp³-hybridized carbons (Fsp3) is 0.133. The molecule has 0 aliphatic rings. The molecule has 132 valence electrons. The van der Waals surface area contributed by atoms with Crippen molar-refractivity contribution in [2.75, 3.05) is 6.54 Å². The molecule has 0 aliphatic heterocycles. The lowest BCUT2D eigenvalue weighted by molar-refractivity contribution is -0.120. The zero-order chi connectivity index (χ0) is 18.2. The predicted octanol–water partition coefficient (Wildman–Crippen LogP) is 1.18. The third-order valence-corrected chi connectivity index (χ3v) is 3.44. The van der Waals surface area contributed by atoms with E-state index < -0.39 is 17.8 Å². The Labute approximate surface area is 150 Å². The van der Waals surface area contributed by atoms with Gasteiger partial charge in [0.15, 0.2) is 0 Å². The second kappa shape index (κ2) is 8.83. The molecule has 0 aliphatic carbocycles. The van der Waals surface area contributed by atoms with E-state index in [1.54, 1.807) is 12.3 Å². The van der Waals surface area contributed by atoms with E-state index in [0.29, 0.717) is 10.0 Å². The highest BCUT2D eigenvalue weighted by molar-refractivity contribution is 9.10. The Kier molecular flexibility index (Phi) is 6.52. The van der Waals surface area contributed by atoms with Crippen LogP contribution in [0.15, 0.2) is 41.0 Å². The van der Waals surface area contributed by atoms with Crippen molar-refractivity contribution < 1.29 is 18.8 Å². The largest absolute Gasteiger partial charge is 0.356 e. The Balaban J connectivity index is 1.64. The Bertz CT molecular complexity index is 763. The number of rotatable bonds is 5. The maximum absolute atomic E-state index is 12.8. The van der Waals surface area contributed by atoms with Crippen LogP contribution in [0.1, 0.15) is 16.1 Å². The Morgan fingerprint density at radius 2 is 1.80 bits per heavy atom. The van der Waals surface area contributed by atoms with Gasteiger partial charge in [-0.05, 0) is 39.7 Å². The third-order valence-electron chi connectivity index (χ3n) is 2.98. The van der Waals surface area contributed by atoms with Crippen molar-refractivity contribution in [3.63, 3.8) is 0 Å². The highest BCUT2D eigenvalue weighted by atomic mass is 79.9. The van der Waals surface area contributed by atoms with Gasteiger partial charge in [-0.2, -0.15) is 0 Å². The lowest BCUT2D eigenvalue weighted by Gasteiger charge is -2.09. The highest BCUT2D eigenvalue weighted by Gasteiger charge is 2.10. The molecule has 4 amide bonds. The van der Waals surface area contributed by atoms with Crippen LogP contribution in [0.2, 0.25) is 0 Å². The van der Waals surface area contributed by atoms with Crippen LogP contribution in [-0.2, 0) is 11.3 Å². The first-order chi connectivity index (χ1) is 11.9. The number of aromatic nitrogens is 1. The molecule has 0 spiro atoms. The number of benzene rings is 1. The number of hydrazine groups is 1. The quantitative estimate of drug-likeness (QED) is 0.475. The van der Waals surface area contributed by atoms with Gasteiger partial charge in [0.2, 0.25) is 0 Å². The van der Waals surface area contributed by atoms with E-state index in [1.165, 1.54) is 24.3 Å². The summed E-state index contributed by atoms with van der Waals surface area (Å²) in [5.41, 5.74) is 5.34. The molecule has 2 aromatic rings.